The van der Waals surface area contributed by atoms with E-state index in [1.807, 2.05) is 0 Å². The van der Waals surface area contributed by atoms with Gasteiger partial charge in [-0.1, -0.05) is 35.9 Å². The van der Waals surface area contributed by atoms with Crippen LogP contribution in [-0.2, 0) is 0 Å². The van der Waals surface area contributed by atoms with Crippen LogP contribution in [0.15, 0.2) is 72.8 Å². The summed E-state index contributed by atoms with van der Waals surface area (Å²) in [5.41, 5.74) is 0.626. The van der Waals surface area contributed by atoms with Crippen LogP contribution in [-0.4, -0.2) is 23.8 Å². The first-order valence-electron chi connectivity index (χ1n) is 9.00. The van der Waals surface area contributed by atoms with Gasteiger partial charge in [0.1, 0.15) is 11.5 Å². The summed E-state index contributed by atoms with van der Waals surface area (Å²) in [5, 5.41) is 11.5. The Kier molecular flexibility index (Phi) is 6.79. The van der Waals surface area contributed by atoms with E-state index in [2.05, 4.69) is 0 Å². The van der Waals surface area contributed by atoms with Gasteiger partial charge in [-0.2, -0.15) is 0 Å². The average Bonchev–Trinajstić information content (AvgIpc) is 2.78. The van der Waals surface area contributed by atoms with Crippen molar-refractivity contribution in [1.29, 1.82) is 0 Å². The summed E-state index contributed by atoms with van der Waals surface area (Å²) in [6, 6.07) is 16.5. The minimum atomic E-state index is -0.840. The number of rotatable bonds is 7. The number of hydrogen-bond donors (Lipinski definition) is 0. The number of allylic oxidation sites excluding steroid dienone is 1. The fraction of sp³-hybridized carbons (Fsp3) is 0.0435. The molecular weight excluding hydrogens is 422 g/mol. The number of hydrogen-bond acceptors (Lipinski definition) is 6. The molecule has 0 fully saturated rings. The second-order valence-corrected chi connectivity index (χ2v) is 6.74. The zero-order valence-corrected chi connectivity index (χ0v) is 17.0. The number of ketones is 1. The van der Waals surface area contributed by atoms with E-state index in [1.54, 1.807) is 36.4 Å². The fourth-order valence-electron chi connectivity index (χ4n) is 2.66. The van der Waals surface area contributed by atoms with Crippen LogP contribution in [0.1, 0.15) is 26.3 Å². The Labute approximate surface area is 182 Å². The number of halogens is 1. The normalized spacial score (nSPS) is 10.6. The molecule has 0 spiro atoms. The highest BCUT2D eigenvalue weighted by molar-refractivity contribution is 6.30. The van der Waals surface area contributed by atoms with Gasteiger partial charge in [0.15, 0.2) is 5.78 Å². The van der Waals surface area contributed by atoms with Gasteiger partial charge in [0.05, 0.1) is 23.2 Å². The lowest BCUT2D eigenvalue weighted by molar-refractivity contribution is -0.384. The van der Waals surface area contributed by atoms with Gasteiger partial charge in [0.2, 0.25) is 0 Å². The minimum absolute atomic E-state index is 0.0212. The Morgan fingerprint density at radius 2 is 1.77 bits per heavy atom. The first kappa shape index (κ1) is 21.7. The standard InChI is InChI=1S/C23H16ClNO6/c1-30-19-10-11-20(21(26)12-7-15-5-8-17(24)9-6-15)22(14-19)31-23(27)16-3-2-4-18(13-16)25(28)29/h2-14H,1H3. The molecule has 31 heavy (non-hydrogen) atoms. The van der Waals surface area contributed by atoms with Crippen LogP contribution in [0.4, 0.5) is 5.69 Å². The van der Waals surface area contributed by atoms with Gasteiger partial charge in [-0.25, -0.2) is 4.79 Å². The smallest absolute Gasteiger partial charge is 0.343 e. The van der Waals surface area contributed by atoms with Gasteiger partial charge in [-0.15, -0.1) is 0 Å². The second-order valence-electron chi connectivity index (χ2n) is 6.31. The van der Waals surface area contributed by atoms with Crippen molar-refractivity contribution in [2.75, 3.05) is 7.11 Å². The van der Waals surface area contributed by atoms with Gasteiger partial charge in [0, 0.05) is 23.2 Å². The molecule has 0 amide bonds. The predicted octanol–water partition coefficient (Wildman–Crippen LogP) is 5.37. The Balaban J connectivity index is 1.88. The molecule has 7 nitrogen and oxygen atoms in total. The molecule has 0 aliphatic rings. The molecule has 0 heterocycles. The van der Waals surface area contributed by atoms with Crippen molar-refractivity contribution in [2.24, 2.45) is 0 Å². The molecule has 0 bridgehead atoms. The zero-order valence-electron chi connectivity index (χ0n) is 16.3. The Morgan fingerprint density at radius 1 is 1.03 bits per heavy atom. The molecular formula is C23H16ClNO6. The lowest BCUT2D eigenvalue weighted by Crippen LogP contribution is -2.11. The summed E-state index contributed by atoms with van der Waals surface area (Å²) in [7, 11) is 1.43. The molecule has 0 aliphatic carbocycles. The third kappa shape index (κ3) is 5.55. The maximum atomic E-state index is 12.7. The van der Waals surface area contributed by atoms with E-state index in [4.69, 9.17) is 21.1 Å². The molecule has 3 aromatic rings. The number of nitro benzene ring substituents is 1. The van der Waals surface area contributed by atoms with E-state index >= 15 is 0 Å². The number of benzene rings is 3. The maximum absolute atomic E-state index is 12.7. The minimum Gasteiger partial charge on any atom is -0.497 e. The van der Waals surface area contributed by atoms with Gasteiger partial charge in [0.25, 0.3) is 5.69 Å². The summed E-state index contributed by atoms with van der Waals surface area (Å²) in [5.74, 6) is -0.895. The number of esters is 1. The van der Waals surface area contributed by atoms with Crippen LogP contribution in [0.25, 0.3) is 6.08 Å². The maximum Gasteiger partial charge on any atom is 0.343 e. The topological polar surface area (TPSA) is 95.7 Å². The third-order valence-corrected chi connectivity index (χ3v) is 4.50. The number of ether oxygens (including phenoxy) is 2. The molecule has 0 radical (unpaired) electrons. The van der Waals surface area contributed by atoms with Crippen molar-refractivity contribution in [2.45, 2.75) is 0 Å². The molecule has 0 N–H and O–H groups in total. The summed E-state index contributed by atoms with van der Waals surface area (Å²) in [6.45, 7) is 0. The molecule has 0 aliphatic heterocycles. The largest absolute Gasteiger partial charge is 0.497 e. The predicted molar refractivity (Wildman–Crippen MR) is 116 cm³/mol. The van der Waals surface area contributed by atoms with E-state index in [-0.39, 0.29) is 22.6 Å². The van der Waals surface area contributed by atoms with E-state index in [0.717, 1.165) is 11.6 Å². The zero-order chi connectivity index (χ0) is 22.4. The molecule has 3 aromatic carbocycles. The van der Waals surface area contributed by atoms with Crippen LogP contribution in [0.2, 0.25) is 5.02 Å². The number of carbonyl (C=O) groups is 2. The van der Waals surface area contributed by atoms with Crippen LogP contribution in [0.3, 0.4) is 0 Å². The number of non-ortho nitro benzene ring substituents is 1. The van der Waals surface area contributed by atoms with E-state index < -0.39 is 16.7 Å². The number of carbonyl (C=O) groups excluding carboxylic acids is 2. The highest BCUT2D eigenvalue weighted by Gasteiger charge is 2.18. The van der Waals surface area contributed by atoms with Crippen molar-refractivity contribution in [1.82, 2.24) is 0 Å². The summed E-state index contributed by atoms with van der Waals surface area (Å²) in [4.78, 5) is 35.6. The molecule has 0 saturated heterocycles. The number of methoxy groups -OCH3 is 1. The molecule has 3 rings (SSSR count). The van der Waals surface area contributed by atoms with Gasteiger partial charge in [-0.3, -0.25) is 14.9 Å². The number of nitro groups is 1. The average molecular weight is 438 g/mol. The summed E-state index contributed by atoms with van der Waals surface area (Å²) in [6.07, 6.45) is 2.95. The summed E-state index contributed by atoms with van der Waals surface area (Å²) >= 11 is 5.86. The van der Waals surface area contributed by atoms with Crippen molar-refractivity contribution >= 4 is 35.1 Å². The molecule has 8 heteroatoms. The third-order valence-electron chi connectivity index (χ3n) is 4.25. The first-order valence-corrected chi connectivity index (χ1v) is 9.38. The Morgan fingerprint density at radius 3 is 2.45 bits per heavy atom. The molecule has 156 valence electrons. The van der Waals surface area contributed by atoms with Gasteiger partial charge in [-0.05, 0) is 42.0 Å². The van der Waals surface area contributed by atoms with Crippen molar-refractivity contribution in [3.05, 3.63) is 105 Å². The molecule has 0 aromatic heterocycles. The Bertz CT molecular complexity index is 1170. The van der Waals surface area contributed by atoms with Gasteiger partial charge < -0.3 is 9.47 Å². The van der Waals surface area contributed by atoms with Crippen LogP contribution >= 0.6 is 11.6 Å². The van der Waals surface area contributed by atoms with Crippen molar-refractivity contribution in [3.63, 3.8) is 0 Å². The highest BCUT2D eigenvalue weighted by atomic mass is 35.5. The van der Waals surface area contributed by atoms with E-state index in [0.29, 0.717) is 10.8 Å². The van der Waals surface area contributed by atoms with Crippen molar-refractivity contribution in [3.8, 4) is 11.5 Å². The SMILES string of the molecule is COc1ccc(C(=O)C=Cc2ccc(Cl)cc2)c(OC(=O)c2cccc([N+](=O)[O-])c2)c1. The Hall–Kier alpha value is -3.97. The number of nitrogens with zero attached hydrogens (tertiary/aromatic N) is 1. The second kappa shape index (κ2) is 9.69. The monoisotopic (exact) mass is 437 g/mol. The van der Waals surface area contributed by atoms with Crippen LogP contribution in [0, 0.1) is 10.1 Å². The molecule has 0 saturated carbocycles. The van der Waals surface area contributed by atoms with E-state index in [9.17, 15) is 19.7 Å². The lowest BCUT2D eigenvalue weighted by Gasteiger charge is -2.10. The van der Waals surface area contributed by atoms with Gasteiger partial charge >= 0.3 is 5.97 Å². The molecule has 0 atom stereocenters. The highest BCUT2D eigenvalue weighted by Crippen LogP contribution is 2.27. The van der Waals surface area contributed by atoms with Crippen LogP contribution < -0.4 is 9.47 Å². The first-order chi connectivity index (χ1) is 14.9. The van der Waals surface area contributed by atoms with Crippen molar-refractivity contribution < 1.29 is 24.0 Å². The van der Waals surface area contributed by atoms with Crippen LogP contribution in [0.5, 0.6) is 11.5 Å². The lowest BCUT2D eigenvalue weighted by atomic mass is 10.1. The molecule has 0 unspecified atom stereocenters. The summed E-state index contributed by atoms with van der Waals surface area (Å²) < 4.78 is 10.5. The fourth-order valence-corrected chi connectivity index (χ4v) is 2.78. The quantitative estimate of drug-likeness (QED) is 0.123. The van der Waals surface area contributed by atoms with E-state index in [1.165, 1.54) is 43.5 Å².